The Hall–Kier alpha value is -1.09. The lowest BCUT2D eigenvalue weighted by molar-refractivity contribution is 0.398. The van der Waals surface area contributed by atoms with Crippen LogP contribution in [0.1, 0.15) is 33.1 Å². The molecule has 0 unspecified atom stereocenters. The average Bonchev–Trinajstić information content (AvgIpc) is 2.40. The van der Waals surface area contributed by atoms with Crippen LogP contribution in [-0.4, -0.2) is 30.7 Å². The maximum atomic E-state index is 4.42. The third-order valence-corrected chi connectivity index (χ3v) is 3.62. The number of pyridine rings is 1. The normalized spacial score (nSPS) is 17.4. The van der Waals surface area contributed by atoms with Crippen LogP contribution in [0.4, 0.5) is 5.82 Å². The van der Waals surface area contributed by atoms with Crippen LogP contribution in [0.5, 0.6) is 0 Å². The molecule has 0 bridgehead atoms. The van der Waals surface area contributed by atoms with Crippen molar-refractivity contribution in [3.63, 3.8) is 0 Å². The van der Waals surface area contributed by atoms with E-state index in [-0.39, 0.29) is 0 Å². The number of anilines is 1. The van der Waals surface area contributed by atoms with Gasteiger partial charge < -0.3 is 10.2 Å². The average molecular weight is 247 g/mol. The van der Waals surface area contributed by atoms with Gasteiger partial charge >= 0.3 is 0 Å². The summed E-state index contributed by atoms with van der Waals surface area (Å²) in [4.78, 5) is 6.81. The summed E-state index contributed by atoms with van der Waals surface area (Å²) in [5, 5.41) is 3.68. The molecular weight excluding hydrogens is 222 g/mol. The SMILES string of the molecule is CC(C)CCNC1CCN(c2ccccn2)CC1. The Labute approximate surface area is 111 Å². The third-order valence-electron chi connectivity index (χ3n) is 3.62. The minimum Gasteiger partial charge on any atom is -0.357 e. The fourth-order valence-corrected chi connectivity index (χ4v) is 2.43. The van der Waals surface area contributed by atoms with E-state index in [4.69, 9.17) is 0 Å². The van der Waals surface area contributed by atoms with Crippen LogP contribution in [0, 0.1) is 5.92 Å². The predicted octanol–water partition coefficient (Wildman–Crippen LogP) is 2.69. The lowest BCUT2D eigenvalue weighted by Crippen LogP contribution is -2.43. The second kappa shape index (κ2) is 6.74. The lowest BCUT2D eigenvalue weighted by atomic mass is 10.0. The first-order valence-corrected chi connectivity index (χ1v) is 7.15. The fourth-order valence-electron chi connectivity index (χ4n) is 2.43. The minimum absolute atomic E-state index is 0.698. The van der Waals surface area contributed by atoms with Crippen molar-refractivity contribution in [3.05, 3.63) is 24.4 Å². The molecule has 2 heterocycles. The maximum Gasteiger partial charge on any atom is 0.128 e. The Morgan fingerprint density at radius 1 is 1.33 bits per heavy atom. The number of piperidine rings is 1. The van der Waals surface area contributed by atoms with E-state index in [9.17, 15) is 0 Å². The Morgan fingerprint density at radius 2 is 2.11 bits per heavy atom. The number of nitrogens with zero attached hydrogens (tertiary/aromatic N) is 2. The van der Waals surface area contributed by atoms with E-state index in [1.165, 1.54) is 19.3 Å². The van der Waals surface area contributed by atoms with Crippen LogP contribution in [-0.2, 0) is 0 Å². The van der Waals surface area contributed by atoms with E-state index in [1.807, 2.05) is 12.3 Å². The Morgan fingerprint density at radius 3 is 2.72 bits per heavy atom. The molecule has 0 aliphatic carbocycles. The largest absolute Gasteiger partial charge is 0.357 e. The lowest BCUT2D eigenvalue weighted by Gasteiger charge is -2.33. The van der Waals surface area contributed by atoms with Crippen LogP contribution in [0.25, 0.3) is 0 Å². The van der Waals surface area contributed by atoms with Gasteiger partial charge in [0, 0.05) is 25.3 Å². The zero-order valence-electron chi connectivity index (χ0n) is 11.6. The summed E-state index contributed by atoms with van der Waals surface area (Å²) in [5.74, 6) is 1.92. The highest BCUT2D eigenvalue weighted by Gasteiger charge is 2.19. The molecule has 1 saturated heterocycles. The van der Waals surface area contributed by atoms with Crippen LogP contribution in [0.15, 0.2) is 24.4 Å². The van der Waals surface area contributed by atoms with Gasteiger partial charge in [-0.25, -0.2) is 4.98 Å². The van der Waals surface area contributed by atoms with Crippen LogP contribution < -0.4 is 10.2 Å². The predicted molar refractivity (Wildman–Crippen MR) is 76.9 cm³/mol. The molecule has 0 spiro atoms. The van der Waals surface area contributed by atoms with Crippen LogP contribution >= 0.6 is 0 Å². The molecule has 3 heteroatoms. The first-order valence-electron chi connectivity index (χ1n) is 7.15. The standard InChI is InChI=1S/C15H25N3/c1-13(2)6-10-16-14-7-11-18(12-8-14)15-5-3-4-9-17-15/h3-5,9,13-14,16H,6-8,10-12H2,1-2H3. The summed E-state index contributed by atoms with van der Waals surface area (Å²) in [7, 11) is 0. The molecule has 0 atom stereocenters. The molecule has 100 valence electrons. The zero-order valence-corrected chi connectivity index (χ0v) is 11.6. The molecule has 0 radical (unpaired) electrons. The molecule has 0 amide bonds. The van der Waals surface area contributed by atoms with Gasteiger partial charge in [0.05, 0.1) is 0 Å². The van der Waals surface area contributed by atoms with Crippen molar-refractivity contribution in [3.8, 4) is 0 Å². The first kappa shape index (κ1) is 13.3. The quantitative estimate of drug-likeness (QED) is 0.867. The third kappa shape index (κ3) is 3.98. The van der Waals surface area contributed by atoms with Gasteiger partial charge in [0.1, 0.15) is 5.82 Å². The van der Waals surface area contributed by atoms with Crippen molar-refractivity contribution < 1.29 is 0 Å². The van der Waals surface area contributed by atoms with Crippen molar-refractivity contribution in [2.24, 2.45) is 5.92 Å². The van der Waals surface area contributed by atoms with Crippen molar-refractivity contribution in [2.45, 2.75) is 39.2 Å². The summed E-state index contributed by atoms with van der Waals surface area (Å²) in [6, 6.07) is 6.84. The highest BCUT2D eigenvalue weighted by Crippen LogP contribution is 2.17. The molecule has 1 aromatic rings. The monoisotopic (exact) mass is 247 g/mol. The summed E-state index contributed by atoms with van der Waals surface area (Å²) < 4.78 is 0. The summed E-state index contributed by atoms with van der Waals surface area (Å²) >= 11 is 0. The van der Waals surface area contributed by atoms with E-state index >= 15 is 0 Å². The summed E-state index contributed by atoms with van der Waals surface area (Å²) in [6.45, 7) is 7.97. The number of hydrogen-bond donors (Lipinski definition) is 1. The number of hydrogen-bond acceptors (Lipinski definition) is 3. The Kier molecular flexibility index (Phi) is 5.00. The second-order valence-electron chi connectivity index (χ2n) is 5.59. The molecule has 0 saturated carbocycles. The van der Waals surface area contributed by atoms with E-state index in [0.717, 1.165) is 31.4 Å². The van der Waals surface area contributed by atoms with E-state index in [1.54, 1.807) is 0 Å². The van der Waals surface area contributed by atoms with Crippen molar-refractivity contribution in [2.75, 3.05) is 24.5 Å². The number of nitrogens with one attached hydrogen (secondary N) is 1. The van der Waals surface area contributed by atoms with Gasteiger partial charge in [-0.15, -0.1) is 0 Å². The van der Waals surface area contributed by atoms with Crippen molar-refractivity contribution in [1.29, 1.82) is 0 Å². The van der Waals surface area contributed by atoms with Gasteiger partial charge in [0.25, 0.3) is 0 Å². The molecule has 1 fully saturated rings. The van der Waals surface area contributed by atoms with Gasteiger partial charge in [0.15, 0.2) is 0 Å². The Bertz CT molecular complexity index is 329. The Balaban J connectivity index is 1.71. The zero-order chi connectivity index (χ0) is 12.8. The molecule has 1 aliphatic heterocycles. The van der Waals surface area contributed by atoms with Crippen LogP contribution in [0.2, 0.25) is 0 Å². The van der Waals surface area contributed by atoms with Gasteiger partial charge in [-0.2, -0.15) is 0 Å². The fraction of sp³-hybridized carbons (Fsp3) is 0.667. The molecule has 2 rings (SSSR count). The molecule has 18 heavy (non-hydrogen) atoms. The molecular formula is C15H25N3. The summed E-state index contributed by atoms with van der Waals surface area (Å²) in [5.41, 5.74) is 0. The molecule has 1 N–H and O–H groups in total. The van der Waals surface area contributed by atoms with Gasteiger partial charge in [-0.1, -0.05) is 19.9 Å². The maximum absolute atomic E-state index is 4.42. The second-order valence-corrected chi connectivity index (χ2v) is 5.59. The van der Waals surface area contributed by atoms with Gasteiger partial charge in [0.2, 0.25) is 0 Å². The van der Waals surface area contributed by atoms with Crippen molar-refractivity contribution >= 4 is 5.82 Å². The van der Waals surface area contributed by atoms with Gasteiger partial charge in [-0.05, 0) is 43.9 Å². The molecule has 1 aromatic heterocycles. The van der Waals surface area contributed by atoms with E-state index in [2.05, 4.69) is 41.2 Å². The van der Waals surface area contributed by atoms with E-state index < -0.39 is 0 Å². The summed E-state index contributed by atoms with van der Waals surface area (Å²) in [6.07, 6.45) is 5.62. The molecule has 1 aliphatic rings. The molecule has 3 nitrogen and oxygen atoms in total. The van der Waals surface area contributed by atoms with E-state index in [0.29, 0.717) is 6.04 Å². The van der Waals surface area contributed by atoms with Gasteiger partial charge in [-0.3, -0.25) is 0 Å². The first-order chi connectivity index (χ1) is 8.75. The highest BCUT2D eigenvalue weighted by atomic mass is 15.2. The number of aromatic nitrogens is 1. The molecule has 0 aromatic carbocycles. The van der Waals surface area contributed by atoms with Crippen molar-refractivity contribution in [1.82, 2.24) is 10.3 Å². The highest BCUT2D eigenvalue weighted by molar-refractivity contribution is 5.38. The topological polar surface area (TPSA) is 28.2 Å². The number of rotatable bonds is 5. The van der Waals surface area contributed by atoms with Crippen LogP contribution in [0.3, 0.4) is 0 Å². The smallest absolute Gasteiger partial charge is 0.128 e. The minimum atomic E-state index is 0.698.